The Morgan fingerprint density at radius 1 is 1.13 bits per heavy atom. The number of thiazole rings is 1. The van der Waals surface area contributed by atoms with Crippen LogP contribution < -0.4 is 10.1 Å². The first-order valence-electron chi connectivity index (χ1n) is 7.54. The van der Waals surface area contributed by atoms with Gasteiger partial charge in [-0.1, -0.05) is 26.0 Å². The SMILES string of the molecule is CC.COc1ccccc1Nc1nc(-c2cnccc2C)cs1. The van der Waals surface area contributed by atoms with E-state index in [4.69, 9.17) is 4.74 Å². The summed E-state index contributed by atoms with van der Waals surface area (Å²) in [6.45, 7) is 6.06. The van der Waals surface area contributed by atoms with Crippen molar-refractivity contribution in [3.8, 4) is 17.0 Å². The minimum Gasteiger partial charge on any atom is -0.495 e. The smallest absolute Gasteiger partial charge is 0.187 e. The van der Waals surface area contributed by atoms with Crippen LogP contribution in [0.25, 0.3) is 11.3 Å². The lowest BCUT2D eigenvalue weighted by Crippen LogP contribution is -1.94. The second-order valence-corrected chi connectivity index (χ2v) is 5.41. The molecule has 0 aliphatic rings. The highest BCUT2D eigenvalue weighted by atomic mass is 32.1. The molecule has 4 nitrogen and oxygen atoms in total. The Balaban J connectivity index is 0.000000924. The summed E-state index contributed by atoms with van der Waals surface area (Å²) < 4.78 is 5.33. The highest BCUT2D eigenvalue weighted by Crippen LogP contribution is 2.31. The van der Waals surface area contributed by atoms with Crippen molar-refractivity contribution in [2.75, 3.05) is 12.4 Å². The van der Waals surface area contributed by atoms with E-state index < -0.39 is 0 Å². The molecule has 0 saturated heterocycles. The zero-order valence-corrected chi connectivity index (χ0v) is 14.6. The number of nitrogens with zero attached hydrogens (tertiary/aromatic N) is 2. The zero-order valence-electron chi connectivity index (χ0n) is 13.8. The maximum atomic E-state index is 5.33. The van der Waals surface area contributed by atoms with Gasteiger partial charge in [0.25, 0.3) is 0 Å². The molecule has 0 atom stereocenters. The molecule has 0 amide bonds. The number of anilines is 2. The number of aromatic nitrogens is 2. The van der Waals surface area contributed by atoms with Gasteiger partial charge >= 0.3 is 0 Å². The largest absolute Gasteiger partial charge is 0.495 e. The second-order valence-electron chi connectivity index (χ2n) is 4.55. The van der Waals surface area contributed by atoms with Crippen molar-refractivity contribution < 1.29 is 4.74 Å². The van der Waals surface area contributed by atoms with Crippen LogP contribution in [0.15, 0.2) is 48.1 Å². The topological polar surface area (TPSA) is 47.0 Å². The van der Waals surface area contributed by atoms with Crippen molar-refractivity contribution in [1.82, 2.24) is 9.97 Å². The number of hydrogen-bond acceptors (Lipinski definition) is 5. The molecule has 120 valence electrons. The highest BCUT2D eigenvalue weighted by molar-refractivity contribution is 7.14. The van der Waals surface area contributed by atoms with Gasteiger partial charge in [-0.2, -0.15) is 0 Å². The van der Waals surface area contributed by atoms with E-state index in [2.05, 4.69) is 22.2 Å². The first-order valence-corrected chi connectivity index (χ1v) is 8.42. The number of methoxy groups -OCH3 is 1. The molecule has 2 heterocycles. The van der Waals surface area contributed by atoms with E-state index >= 15 is 0 Å². The van der Waals surface area contributed by atoms with Gasteiger partial charge in [0.1, 0.15) is 5.75 Å². The Kier molecular flexibility index (Phi) is 6.11. The minimum absolute atomic E-state index is 0.798. The fourth-order valence-electron chi connectivity index (χ4n) is 2.05. The maximum absolute atomic E-state index is 5.33. The van der Waals surface area contributed by atoms with Gasteiger partial charge in [-0.3, -0.25) is 4.98 Å². The molecule has 3 aromatic rings. The highest BCUT2D eigenvalue weighted by Gasteiger charge is 2.09. The number of para-hydroxylation sites is 2. The van der Waals surface area contributed by atoms with Crippen LogP contribution in [0, 0.1) is 6.92 Å². The number of ether oxygens (including phenoxy) is 1. The molecule has 0 radical (unpaired) electrons. The molecule has 2 aromatic heterocycles. The Labute approximate surface area is 141 Å². The summed E-state index contributed by atoms with van der Waals surface area (Å²) >= 11 is 1.56. The molecule has 23 heavy (non-hydrogen) atoms. The van der Waals surface area contributed by atoms with E-state index in [1.54, 1.807) is 24.6 Å². The van der Waals surface area contributed by atoms with Crippen molar-refractivity contribution in [1.29, 1.82) is 0 Å². The Hall–Kier alpha value is -2.40. The molecule has 1 aromatic carbocycles. The van der Waals surface area contributed by atoms with Crippen LogP contribution in [0.3, 0.4) is 0 Å². The molecule has 0 saturated carbocycles. The number of nitrogens with one attached hydrogen (secondary N) is 1. The summed E-state index contributed by atoms with van der Waals surface area (Å²) in [5.74, 6) is 0.798. The number of benzene rings is 1. The standard InChI is InChI=1S/C16H15N3OS.C2H6/c1-11-7-8-17-9-12(11)14-10-21-16(19-14)18-13-5-3-4-6-15(13)20-2;1-2/h3-10H,1-2H3,(H,18,19);1-2H3. The summed E-state index contributed by atoms with van der Waals surface area (Å²) in [6, 6.07) is 9.78. The van der Waals surface area contributed by atoms with Crippen molar-refractivity contribution in [2.45, 2.75) is 20.8 Å². The van der Waals surface area contributed by atoms with E-state index in [0.717, 1.165) is 27.8 Å². The van der Waals surface area contributed by atoms with Gasteiger partial charge in [-0.15, -0.1) is 11.3 Å². The Morgan fingerprint density at radius 3 is 2.65 bits per heavy atom. The molecule has 1 N–H and O–H groups in total. The van der Waals surface area contributed by atoms with E-state index in [-0.39, 0.29) is 0 Å². The van der Waals surface area contributed by atoms with Gasteiger partial charge in [0.15, 0.2) is 5.13 Å². The fraction of sp³-hybridized carbons (Fsp3) is 0.222. The van der Waals surface area contributed by atoms with Crippen LogP contribution in [0.4, 0.5) is 10.8 Å². The lowest BCUT2D eigenvalue weighted by Gasteiger charge is -2.08. The maximum Gasteiger partial charge on any atom is 0.187 e. The van der Waals surface area contributed by atoms with Crippen molar-refractivity contribution in [3.05, 3.63) is 53.7 Å². The van der Waals surface area contributed by atoms with Crippen molar-refractivity contribution >= 4 is 22.2 Å². The molecule has 0 aliphatic carbocycles. The quantitative estimate of drug-likeness (QED) is 0.707. The molecule has 0 spiro atoms. The van der Waals surface area contributed by atoms with Crippen molar-refractivity contribution in [3.63, 3.8) is 0 Å². The Bertz CT molecular complexity index is 755. The molecular weight excluding hydrogens is 306 g/mol. The van der Waals surface area contributed by atoms with E-state index in [1.807, 2.05) is 55.8 Å². The normalized spacial score (nSPS) is 9.74. The monoisotopic (exact) mass is 327 g/mol. The van der Waals surface area contributed by atoms with Gasteiger partial charge in [0, 0.05) is 23.3 Å². The minimum atomic E-state index is 0.798. The van der Waals surface area contributed by atoms with E-state index in [1.165, 1.54) is 5.56 Å². The summed E-state index contributed by atoms with van der Waals surface area (Å²) in [5, 5.41) is 6.16. The van der Waals surface area contributed by atoms with Crippen LogP contribution in [-0.4, -0.2) is 17.1 Å². The third-order valence-corrected chi connectivity index (χ3v) is 3.93. The summed E-state index contributed by atoms with van der Waals surface area (Å²) in [6.07, 6.45) is 3.64. The van der Waals surface area contributed by atoms with Crippen LogP contribution in [0.1, 0.15) is 19.4 Å². The summed E-state index contributed by atoms with van der Waals surface area (Å²) in [7, 11) is 1.66. The number of pyridine rings is 1. The van der Waals surface area contributed by atoms with Gasteiger partial charge in [0.2, 0.25) is 0 Å². The fourth-order valence-corrected chi connectivity index (χ4v) is 2.77. The van der Waals surface area contributed by atoms with Crippen LogP contribution in [0.5, 0.6) is 5.75 Å². The van der Waals surface area contributed by atoms with Gasteiger partial charge in [-0.05, 0) is 30.7 Å². The van der Waals surface area contributed by atoms with Gasteiger partial charge in [-0.25, -0.2) is 4.98 Å². The van der Waals surface area contributed by atoms with E-state index in [0.29, 0.717) is 0 Å². The van der Waals surface area contributed by atoms with E-state index in [9.17, 15) is 0 Å². The molecule has 0 bridgehead atoms. The van der Waals surface area contributed by atoms with Crippen molar-refractivity contribution in [2.24, 2.45) is 0 Å². The predicted octanol–water partition coefficient (Wildman–Crippen LogP) is 5.29. The lowest BCUT2D eigenvalue weighted by molar-refractivity contribution is 0.417. The number of rotatable bonds is 4. The first kappa shape index (κ1) is 17.0. The zero-order chi connectivity index (χ0) is 16.7. The van der Waals surface area contributed by atoms with Crippen LogP contribution in [0.2, 0.25) is 0 Å². The van der Waals surface area contributed by atoms with Gasteiger partial charge < -0.3 is 10.1 Å². The lowest BCUT2D eigenvalue weighted by atomic mass is 10.1. The number of hydrogen-bond donors (Lipinski definition) is 1. The second kappa shape index (κ2) is 8.29. The molecular formula is C18H21N3OS. The molecule has 0 aliphatic heterocycles. The summed E-state index contributed by atoms with van der Waals surface area (Å²) in [5.41, 5.74) is 4.06. The van der Waals surface area contributed by atoms with Gasteiger partial charge in [0.05, 0.1) is 18.5 Å². The molecule has 0 fully saturated rings. The molecule has 5 heteroatoms. The summed E-state index contributed by atoms with van der Waals surface area (Å²) in [4.78, 5) is 8.79. The molecule has 3 rings (SSSR count). The molecule has 0 unspecified atom stereocenters. The average Bonchev–Trinajstić information content (AvgIpc) is 3.06. The third-order valence-electron chi connectivity index (χ3n) is 3.17. The Morgan fingerprint density at radius 2 is 1.91 bits per heavy atom. The third kappa shape index (κ3) is 4.07. The predicted molar refractivity (Wildman–Crippen MR) is 97.7 cm³/mol. The van der Waals surface area contributed by atoms with Crippen LogP contribution >= 0.6 is 11.3 Å². The average molecular weight is 327 g/mol. The van der Waals surface area contributed by atoms with Crippen LogP contribution in [-0.2, 0) is 0 Å². The number of aryl methyl sites for hydroxylation is 1. The first-order chi connectivity index (χ1) is 11.3.